The standard InChI is InChI=1S/C13H21BrN2/c1-6-13(3,4)16(5)12-10(2)7-11(8-14)9-15-12/h7,9H,6,8H2,1-5H3. The Morgan fingerprint density at radius 2 is 2.06 bits per heavy atom. The second kappa shape index (κ2) is 5.17. The molecule has 0 aromatic carbocycles. The molecule has 0 amide bonds. The SMILES string of the molecule is CCC(C)(C)N(C)c1ncc(CBr)cc1C. The van der Waals surface area contributed by atoms with E-state index in [1.807, 2.05) is 6.20 Å². The van der Waals surface area contributed by atoms with Crippen molar-refractivity contribution in [2.75, 3.05) is 11.9 Å². The van der Waals surface area contributed by atoms with Crippen LogP contribution in [-0.4, -0.2) is 17.6 Å². The highest BCUT2D eigenvalue weighted by Gasteiger charge is 2.23. The smallest absolute Gasteiger partial charge is 0.131 e. The van der Waals surface area contributed by atoms with E-state index >= 15 is 0 Å². The molecule has 0 unspecified atom stereocenters. The van der Waals surface area contributed by atoms with Gasteiger partial charge in [-0.05, 0) is 38.3 Å². The van der Waals surface area contributed by atoms with Gasteiger partial charge in [0, 0.05) is 24.1 Å². The zero-order valence-electron chi connectivity index (χ0n) is 10.8. The molecule has 0 radical (unpaired) electrons. The normalized spacial score (nSPS) is 11.6. The van der Waals surface area contributed by atoms with Crippen LogP contribution in [0.25, 0.3) is 0 Å². The summed E-state index contributed by atoms with van der Waals surface area (Å²) >= 11 is 3.45. The van der Waals surface area contributed by atoms with Crippen LogP contribution in [-0.2, 0) is 5.33 Å². The maximum Gasteiger partial charge on any atom is 0.131 e. The van der Waals surface area contributed by atoms with Crippen LogP contribution in [0.1, 0.15) is 38.3 Å². The number of alkyl halides is 1. The van der Waals surface area contributed by atoms with Gasteiger partial charge in [0.15, 0.2) is 0 Å². The topological polar surface area (TPSA) is 16.1 Å². The molecular formula is C13H21BrN2. The van der Waals surface area contributed by atoms with E-state index in [0.717, 1.165) is 17.6 Å². The molecule has 0 aliphatic heterocycles. The fourth-order valence-corrected chi connectivity index (χ4v) is 1.88. The first-order valence-electron chi connectivity index (χ1n) is 5.67. The Morgan fingerprint density at radius 3 is 2.50 bits per heavy atom. The van der Waals surface area contributed by atoms with Gasteiger partial charge in [-0.3, -0.25) is 0 Å². The molecule has 0 saturated heterocycles. The van der Waals surface area contributed by atoms with E-state index < -0.39 is 0 Å². The summed E-state index contributed by atoms with van der Waals surface area (Å²) in [6.07, 6.45) is 3.05. The summed E-state index contributed by atoms with van der Waals surface area (Å²) in [7, 11) is 2.12. The van der Waals surface area contributed by atoms with E-state index in [1.165, 1.54) is 11.1 Å². The minimum absolute atomic E-state index is 0.147. The third-order valence-corrected chi connectivity index (χ3v) is 4.00. The largest absolute Gasteiger partial charge is 0.354 e. The lowest BCUT2D eigenvalue weighted by Crippen LogP contribution is -2.41. The molecule has 90 valence electrons. The summed E-state index contributed by atoms with van der Waals surface area (Å²) in [5.74, 6) is 1.08. The van der Waals surface area contributed by atoms with Crippen LogP contribution in [0.2, 0.25) is 0 Å². The Kier molecular flexibility index (Phi) is 4.36. The van der Waals surface area contributed by atoms with Crippen molar-refractivity contribution in [2.45, 2.75) is 45.0 Å². The molecule has 16 heavy (non-hydrogen) atoms. The minimum Gasteiger partial charge on any atom is -0.354 e. The third-order valence-electron chi connectivity index (χ3n) is 3.35. The third kappa shape index (κ3) is 2.76. The molecule has 3 heteroatoms. The van der Waals surface area contributed by atoms with Crippen LogP contribution in [0.4, 0.5) is 5.82 Å². The lowest BCUT2D eigenvalue weighted by atomic mass is 9.99. The van der Waals surface area contributed by atoms with Gasteiger partial charge in [-0.25, -0.2) is 4.98 Å². The highest BCUT2D eigenvalue weighted by molar-refractivity contribution is 9.08. The number of hydrogen-bond acceptors (Lipinski definition) is 2. The molecular weight excluding hydrogens is 264 g/mol. The first-order valence-corrected chi connectivity index (χ1v) is 6.80. The van der Waals surface area contributed by atoms with Gasteiger partial charge < -0.3 is 4.90 Å². The molecule has 0 atom stereocenters. The molecule has 0 saturated carbocycles. The Hall–Kier alpha value is -0.570. The Morgan fingerprint density at radius 1 is 1.44 bits per heavy atom. The van der Waals surface area contributed by atoms with Crippen molar-refractivity contribution in [2.24, 2.45) is 0 Å². The first-order chi connectivity index (χ1) is 7.42. The number of halogens is 1. The zero-order chi connectivity index (χ0) is 12.3. The summed E-state index contributed by atoms with van der Waals surface area (Å²) in [5.41, 5.74) is 2.61. The first kappa shape index (κ1) is 13.5. The molecule has 0 spiro atoms. The van der Waals surface area contributed by atoms with Crippen molar-refractivity contribution in [1.29, 1.82) is 0 Å². The highest BCUT2D eigenvalue weighted by atomic mass is 79.9. The second-order valence-electron chi connectivity index (χ2n) is 4.84. The van der Waals surface area contributed by atoms with Crippen LogP contribution >= 0.6 is 15.9 Å². The summed E-state index contributed by atoms with van der Waals surface area (Å²) in [6.45, 7) is 8.81. The van der Waals surface area contributed by atoms with Crippen LogP contribution < -0.4 is 4.90 Å². The molecule has 0 N–H and O–H groups in total. The van der Waals surface area contributed by atoms with Gasteiger partial charge in [0.25, 0.3) is 0 Å². The van der Waals surface area contributed by atoms with Gasteiger partial charge in [0.1, 0.15) is 5.82 Å². The summed E-state index contributed by atoms with van der Waals surface area (Å²) in [4.78, 5) is 6.82. The van der Waals surface area contributed by atoms with Gasteiger partial charge in [0.2, 0.25) is 0 Å². The van der Waals surface area contributed by atoms with Gasteiger partial charge in [-0.1, -0.05) is 28.9 Å². The quantitative estimate of drug-likeness (QED) is 0.780. The van der Waals surface area contributed by atoms with Gasteiger partial charge >= 0.3 is 0 Å². The fraction of sp³-hybridized carbons (Fsp3) is 0.615. The predicted octanol–water partition coefficient (Wildman–Crippen LogP) is 3.91. The molecule has 0 aliphatic carbocycles. The zero-order valence-corrected chi connectivity index (χ0v) is 12.4. The van der Waals surface area contributed by atoms with Gasteiger partial charge in [0.05, 0.1) is 0 Å². The lowest BCUT2D eigenvalue weighted by molar-refractivity contribution is 0.466. The average molecular weight is 285 g/mol. The molecule has 1 aromatic rings. The Labute approximate surface area is 107 Å². The van der Waals surface area contributed by atoms with Crippen molar-refractivity contribution in [3.8, 4) is 0 Å². The predicted molar refractivity (Wildman–Crippen MR) is 74.4 cm³/mol. The second-order valence-corrected chi connectivity index (χ2v) is 5.40. The Balaban J connectivity index is 3.05. The molecule has 0 bridgehead atoms. The number of anilines is 1. The maximum absolute atomic E-state index is 4.56. The van der Waals surface area contributed by atoms with Crippen LogP contribution in [0.3, 0.4) is 0 Å². The van der Waals surface area contributed by atoms with Gasteiger partial charge in [-0.15, -0.1) is 0 Å². The van der Waals surface area contributed by atoms with Crippen molar-refractivity contribution >= 4 is 21.7 Å². The fourth-order valence-electron chi connectivity index (χ4n) is 1.57. The number of nitrogens with zero attached hydrogens (tertiary/aromatic N) is 2. The van der Waals surface area contributed by atoms with Crippen LogP contribution in [0.5, 0.6) is 0 Å². The molecule has 0 aliphatic rings. The van der Waals surface area contributed by atoms with E-state index in [4.69, 9.17) is 0 Å². The van der Waals surface area contributed by atoms with Crippen molar-refractivity contribution in [3.63, 3.8) is 0 Å². The monoisotopic (exact) mass is 284 g/mol. The van der Waals surface area contributed by atoms with Crippen LogP contribution in [0, 0.1) is 6.92 Å². The Bertz CT molecular complexity index is 361. The van der Waals surface area contributed by atoms with E-state index in [2.05, 4.69) is 66.6 Å². The maximum atomic E-state index is 4.56. The van der Waals surface area contributed by atoms with Crippen molar-refractivity contribution < 1.29 is 0 Å². The number of aromatic nitrogens is 1. The van der Waals surface area contributed by atoms with Crippen molar-refractivity contribution in [3.05, 3.63) is 23.4 Å². The molecule has 0 fully saturated rings. The molecule has 1 aromatic heterocycles. The summed E-state index contributed by atoms with van der Waals surface area (Å²) in [6, 6.07) is 2.19. The van der Waals surface area contributed by atoms with Crippen molar-refractivity contribution in [1.82, 2.24) is 4.98 Å². The van der Waals surface area contributed by atoms with E-state index in [1.54, 1.807) is 0 Å². The molecule has 1 rings (SSSR count). The number of aryl methyl sites for hydroxylation is 1. The van der Waals surface area contributed by atoms with Crippen LogP contribution in [0.15, 0.2) is 12.3 Å². The number of rotatable bonds is 4. The van der Waals surface area contributed by atoms with Gasteiger partial charge in [-0.2, -0.15) is 0 Å². The molecule has 2 nitrogen and oxygen atoms in total. The summed E-state index contributed by atoms with van der Waals surface area (Å²) in [5, 5.41) is 0.863. The average Bonchev–Trinajstić information content (AvgIpc) is 2.28. The highest BCUT2D eigenvalue weighted by Crippen LogP contribution is 2.26. The number of hydrogen-bond donors (Lipinski definition) is 0. The minimum atomic E-state index is 0.147. The van der Waals surface area contributed by atoms with E-state index in [0.29, 0.717) is 0 Å². The van der Waals surface area contributed by atoms with E-state index in [-0.39, 0.29) is 5.54 Å². The summed E-state index contributed by atoms with van der Waals surface area (Å²) < 4.78 is 0. The number of pyridine rings is 1. The molecule has 1 heterocycles. The van der Waals surface area contributed by atoms with E-state index in [9.17, 15) is 0 Å². The lowest BCUT2D eigenvalue weighted by Gasteiger charge is -2.36.